The van der Waals surface area contributed by atoms with Crippen molar-refractivity contribution in [3.8, 4) is 11.5 Å². The van der Waals surface area contributed by atoms with Gasteiger partial charge in [-0.3, -0.25) is 0 Å². The van der Waals surface area contributed by atoms with E-state index in [-0.39, 0.29) is 0 Å². The number of rotatable bonds is 5. The summed E-state index contributed by atoms with van der Waals surface area (Å²) in [6, 6.07) is 3.44. The maximum atomic E-state index is 6.07. The standard InChI is InChI=1S/C12H14ClN3O3/c1-7-15-16-12(19-7)6-14-9-4-8(13)10(17-2)5-11(9)18-3/h4-5,14H,6H2,1-3H3. The van der Waals surface area contributed by atoms with Crippen LogP contribution in [0.5, 0.6) is 11.5 Å². The van der Waals surface area contributed by atoms with Gasteiger partial charge >= 0.3 is 0 Å². The lowest BCUT2D eigenvalue weighted by atomic mass is 10.2. The normalized spacial score (nSPS) is 10.3. The molecular weight excluding hydrogens is 270 g/mol. The molecule has 0 spiro atoms. The number of methoxy groups -OCH3 is 2. The van der Waals surface area contributed by atoms with E-state index in [2.05, 4.69) is 15.5 Å². The molecule has 2 aromatic rings. The summed E-state index contributed by atoms with van der Waals surface area (Å²) in [7, 11) is 3.12. The van der Waals surface area contributed by atoms with Crippen LogP contribution < -0.4 is 14.8 Å². The van der Waals surface area contributed by atoms with Crippen LogP contribution in [0.4, 0.5) is 5.69 Å². The van der Waals surface area contributed by atoms with Gasteiger partial charge in [-0.1, -0.05) is 11.6 Å². The van der Waals surface area contributed by atoms with Crippen LogP contribution in [0.1, 0.15) is 11.8 Å². The summed E-state index contributed by atoms with van der Waals surface area (Å²) in [6.07, 6.45) is 0. The van der Waals surface area contributed by atoms with Crippen molar-refractivity contribution in [2.45, 2.75) is 13.5 Å². The molecule has 0 radical (unpaired) electrons. The first-order valence-corrected chi connectivity index (χ1v) is 5.96. The van der Waals surface area contributed by atoms with Crippen molar-refractivity contribution in [1.82, 2.24) is 10.2 Å². The maximum Gasteiger partial charge on any atom is 0.235 e. The first kappa shape index (κ1) is 13.5. The molecule has 0 aliphatic rings. The fourth-order valence-electron chi connectivity index (χ4n) is 1.58. The van der Waals surface area contributed by atoms with Crippen molar-refractivity contribution in [1.29, 1.82) is 0 Å². The zero-order valence-corrected chi connectivity index (χ0v) is 11.6. The van der Waals surface area contributed by atoms with Crippen molar-refractivity contribution < 1.29 is 13.9 Å². The lowest BCUT2D eigenvalue weighted by Gasteiger charge is -2.12. The molecule has 102 valence electrons. The highest BCUT2D eigenvalue weighted by Crippen LogP contribution is 2.35. The molecule has 19 heavy (non-hydrogen) atoms. The summed E-state index contributed by atoms with van der Waals surface area (Å²) in [4.78, 5) is 0. The predicted octanol–water partition coefficient (Wildman–Crippen LogP) is 2.66. The number of ether oxygens (including phenoxy) is 2. The maximum absolute atomic E-state index is 6.07. The van der Waals surface area contributed by atoms with Gasteiger partial charge in [-0.05, 0) is 6.07 Å². The van der Waals surface area contributed by atoms with Crippen molar-refractivity contribution in [2.75, 3.05) is 19.5 Å². The number of aromatic nitrogens is 2. The average molecular weight is 284 g/mol. The van der Waals surface area contributed by atoms with Crippen molar-refractivity contribution in [3.63, 3.8) is 0 Å². The van der Waals surface area contributed by atoms with Gasteiger partial charge in [-0.15, -0.1) is 10.2 Å². The zero-order chi connectivity index (χ0) is 13.8. The van der Waals surface area contributed by atoms with E-state index in [0.717, 1.165) is 5.69 Å². The minimum Gasteiger partial charge on any atom is -0.495 e. The molecule has 1 aromatic heterocycles. The molecule has 2 rings (SSSR count). The predicted molar refractivity (Wildman–Crippen MR) is 70.9 cm³/mol. The monoisotopic (exact) mass is 283 g/mol. The number of anilines is 1. The van der Waals surface area contributed by atoms with Gasteiger partial charge in [0.15, 0.2) is 0 Å². The van der Waals surface area contributed by atoms with E-state index in [4.69, 9.17) is 25.5 Å². The highest BCUT2D eigenvalue weighted by molar-refractivity contribution is 6.32. The Bertz CT molecular complexity index is 571. The number of nitrogens with zero attached hydrogens (tertiary/aromatic N) is 2. The Balaban J connectivity index is 2.17. The molecule has 0 aliphatic carbocycles. The van der Waals surface area contributed by atoms with Crippen molar-refractivity contribution >= 4 is 17.3 Å². The number of hydrogen-bond donors (Lipinski definition) is 1. The number of nitrogens with one attached hydrogen (secondary N) is 1. The molecule has 0 amide bonds. The minimum atomic E-state index is 0.389. The fourth-order valence-corrected chi connectivity index (χ4v) is 1.82. The molecule has 1 aromatic carbocycles. The van der Waals surface area contributed by atoms with Crippen molar-refractivity contribution in [3.05, 3.63) is 28.9 Å². The molecule has 0 bridgehead atoms. The molecule has 6 nitrogen and oxygen atoms in total. The number of hydrogen-bond acceptors (Lipinski definition) is 6. The Morgan fingerprint density at radius 3 is 2.53 bits per heavy atom. The summed E-state index contributed by atoms with van der Waals surface area (Å²) < 4.78 is 15.7. The highest BCUT2D eigenvalue weighted by Gasteiger charge is 2.11. The third kappa shape index (κ3) is 3.08. The van der Waals surface area contributed by atoms with Crippen LogP contribution >= 0.6 is 11.6 Å². The van der Waals surface area contributed by atoms with Gasteiger partial charge in [-0.2, -0.15) is 0 Å². The summed E-state index contributed by atoms with van der Waals surface area (Å²) in [5.41, 5.74) is 0.726. The van der Waals surface area contributed by atoms with Gasteiger partial charge in [0.05, 0.1) is 31.5 Å². The summed E-state index contributed by atoms with van der Waals surface area (Å²) in [6.45, 7) is 2.13. The van der Waals surface area contributed by atoms with E-state index in [1.165, 1.54) is 0 Å². The summed E-state index contributed by atoms with van der Waals surface area (Å²) in [5.74, 6) is 2.19. The molecule has 0 saturated carbocycles. The Hall–Kier alpha value is -1.95. The van der Waals surface area contributed by atoms with Crippen LogP contribution in [0.25, 0.3) is 0 Å². The SMILES string of the molecule is COc1cc(OC)c(NCc2nnc(C)o2)cc1Cl. The Labute approximate surface area is 115 Å². The van der Waals surface area contributed by atoms with Gasteiger partial charge in [0.25, 0.3) is 0 Å². The largest absolute Gasteiger partial charge is 0.495 e. The third-order valence-corrected chi connectivity index (χ3v) is 2.77. The minimum absolute atomic E-state index is 0.389. The summed E-state index contributed by atoms with van der Waals surface area (Å²) >= 11 is 6.07. The van der Waals surface area contributed by atoms with Crippen molar-refractivity contribution in [2.24, 2.45) is 0 Å². The quantitative estimate of drug-likeness (QED) is 0.910. The van der Waals surface area contributed by atoms with E-state index in [1.807, 2.05) is 0 Å². The van der Waals surface area contributed by atoms with Crippen LogP contribution in [0.2, 0.25) is 5.02 Å². The number of halogens is 1. The second-order valence-electron chi connectivity index (χ2n) is 3.76. The molecule has 1 heterocycles. The number of benzene rings is 1. The van der Waals surface area contributed by atoms with E-state index < -0.39 is 0 Å². The van der Waals surface area contributed by atoms with Crippen LogP contribution in [0, 0.1) is 6.92 Å². The second-order valence-corrected chi connectivity index (χ2v) is 4.16. The smallest absolute Gasteiger partial charge is 0.235 e. The van der Waals surface area contributed by atoms with E-state index in [1.54, 1.807) is 33.3 Å². The summed E-state index contributed by atoms with van der Waals surface area (Å²) in [5, 5.41) is 11.3. The Morgan fingerprint density at radius 2 is 1.95 bits per heavy atom. The molecular formula is C12H14ClN3O3. The molecule has 0 saturated heterocycles. The molecule has 0 fully saturated rings. The van der Waals surface area contributed by atoms with E-state index in [0.29, 0.717) is 34.8 Å². The van der Waals surface area contributed by atoms with Gasteiger partial charge < -0.3 is 19.2 Å². The van der Waals surface area contributed by atoms with Crippen LogP contribution in [0.15, 0.2) is 16.5 Å². The zero-order valence-electron chi connectivity index (χ0n) is 10.9. The van der Waals surface area contributed by atoms with Gasteiger partial charge in [-0.25, -0.2) is 0 Å². The first-order chi connectivity index (χ1) is 9.13. The topological polar surface area (TPSA) is 69.4 Å². The molecule has 0 aliphatic heterocycles. The first-order valence-electron chi connectivity index (χ1n) is 5.58. The Morgan fingerprint density at radius 1 is 1.21 bits per heavy atom. The van der Waals surface area contributed by atoms with E-state index >= 15 is 0 Å². The van der Waals surface area contributed by atoms with Gasteiger partial charge in [0.2, 0.25) is 11.8 Å². The molecule has 7 heteroatoms. The molecule has 0 atom stereocenters. The second kappa shape index (κ2) is 5.79. The van der Waals surface area contributed by atoms with Crippen LogP contribution in [0.3, 0.4) is 0 Å². The van der Waals surface area contributed by atoms with Gasteiger partial charge in [0, 0.05) is 13.0 Å². The highest BCUT2D eigenvalue weighted by atomic mass is 35.5. The van der Waals surface area contributed by atoms with Crippen LogP contribution in [-0.4, -0.2) is 24.4 Å². The average Bonchev–Trinajstić information content (AvgIpc) is 2.82. The fraction of sp³-hybridized carbons (Fsp3) is 0.333. The lowest BCUT2D eigenvalue weighted by molar-refractivity contribution is 0.395. The lowest BCUT2D eigenvalue weighted by Crippen LogP contribution is -2.02. The molecule has 1 N–H and O–H groups in total. The Kier molecular flexibility index (Phi) is 4.11. The number of aryl methyl sites for hydroxylation is 1. The van der Waals surface area contributed by atoms with Gasteiger partial charge in [0.1, 0.15) is 11.5 Å². The third-order valence-electron chi connectivity index (χ3n) is 2.47. The van der Waals surface area contributed by atoms with Crippen LogP contribution in [-0.2, 0) is 6.54 Å². The molecule has 0 unspecified atom stereocenters. The van der Waals surface area contributed by atoms with E-state index in [9.17, 15) is 0 Å².